The predicted molar refractivity (Wildman–Crippen MR) is 137 cm³/mol. The van der Waals surface area contributed by atoms with E-state index in [1.807, 2.05) is 24.3 Å². The van der Waals surface area contributed by atoms with Crippen LogP contribution in [0.15, 0.2) is 35.5 Å². The first-order valence-electron chi connectivity index (χ1n) is 12.2. The maximum absolute atomic E-state index is 12.5. The number of rotatable bonds is 9. The average molecular weight is 485 g/mol. The van der Waals surface area contributed by atoms with Gasteiger partial charge in [0.25, 0.3) is 5.91 Å². The Morgan fingerprint density at radius 2 is 1.79 bits per heavy atom. The number of morpholine rings is 1. The number of nitrogens with one attached hydrogen (secondary N) is 1. The normalized spacial score (nSPS) is 17.6. The lowest BCUT2D eigenvalue weighted by molar-refractivity contribution is 0.0383. The van der Waals surface area contributed by atoms with Crippen molar-refractivity contribution in [3.05, 3.63) is 47.2 Å². The molecule has 0 radical (unpaired) electrons. The van der Waals surface area contributed by atoms with Gasteiger partial charge in [-0.3, -0.25) is 9.69 Å². The van der Waals surface area contributed by atoms with E-state index in [0.29, 0.717) is 12.1 Å². The van der Waals surface area contributed by atoms with Gasteiger partial charge in [0.2, 0.25) is 0 Å². The highest BCUT2D eigenvalue weighted by atomic mass is 32.2. The van der Waals surface area contributed by atoms with Crippen molar-refractivity contribution < 1.29 is 9.53 Å². The van der Waals surface area contributed by atoms with Gasteiger partial charge in [-0.25, -0.2) is 9.97 Å². The summed E-state index contributed by atoms with van der Waals surface area (Å²) < 4.78 is 5.36. The minimum absolute atomic E-state index is 0.0248. The molecular formula is C25H36N6O2S. The van der Waals surface area contributed by atoms with Gasteiger partial charge >= 0.3 is 0 Å². The number of ether oxygens (including phenoxy) is 1. The predicted octanol–water partition coefficient (Wildman–Crippen LogP) is 2.15. The van der Waals surface area contributed by atoms with Gasteiger partial charge in [-0.2, -0.15) is 0 Å². The number of carbonyl (C=O) groups excluding carboxylic acids is 1. The molecule has 3 heterocycles. The first kappa shape index (κ1) is 24.9. The Labute approximate surface area is 207 Å². The minimum Gasteiger partial charge on any atom is -0.379 e. The molecule has 0 spiro atoms. The van der Waals surface area contributed by atoms with Crippen LogP contribution in [0, 0.1) is 0 Å². The third kappa shape index (κ3) is 7.15. The van der Waals surface area contributed by atoms with Crippen LogP contribution in [0.25, 0.3) is 0 Å². The van der Waals surface area contributed by atoms with E-state index in [1.54, 1.807) is 11.8 Å². The van der Waals surface area contributed by atoms with Crippen molar-refractivity contribution in [3.63, 3.8) is 0 Å². The number of amides is 1. The van der Waals surface area contributed by atoms with E-state index in [-0.39, 0.29) is 5.91 Å². The second kappa shape index (κ2) is 12.5. The largest absolute Gasteiger partial charge is 0.379 e. The molecule has 4 rings (SSSR count). The van der Waals surface area contributed by atoms with Crippen LogP contribution < -0.4 is 10.2 Å². The summed E-state index contributed by atoms with van der Waals surface area (Å²) in [7, 11) is 2.16. The zero-order valence-corrected chi connectivity index (χ0v) is 21.1. The van der Waals surface area contributed by atoms with E-state index in [4.69, 9.17) is 14.7 Å². The third-order valence-corrected chi connectivity index (χ3v) is 7.25. The summed E-state index contributed by atoms with van der Waals surface area (Å²) in [5.41, 5.74) is 2.93. The van der Waals surface area contributed by atoms with Crippen LogP contribution in [0.2, 0.25) is 0 Å². The van der Waals surface area contributed by atoms with Crippen molar-refractivity contribution >= 4 is 23.5 Å². The zero-order valence-electron chi connectivity index (χ0n) is 20.3. The van der Waals surface area contributed by atoms with Crippen LogP contribution in [-0.2, 0) is 16.9 Å². The molecule has 0 saturated carbocycles. The molecule has 0 aliphatic carbocycles. The SMILES string of the molecule is CCc1cc(N2CCN(C)CC2)nc(SCc2ccc(C(=O)NCCN3CCOCC3)cc2)n1. The number of piperazine rings is 1. The average Bonchev–Trinajstić information content (AvgIpc) is 2.88. The fourth-order valence-electron chi connectivity index (χ4n) is 4.06. The Bertz CT molecular complexity index is 928. The number of nitrogens with zero attached hydrogens (tertiary/aromatic N) is 5. The summed E-state index contributed by atoms with van der Waals surface area (Å²) >= 11 is 1.65. The summed E-state index contributed by atoms with van der Waals surface area (Å²) in [4.78, 5) is 29.1. The molecule has 2 aromatic rings. The Kier molecular flexibility index (Phi) is 9.15. The fraction of sp³-hybridized carbons (Fsp3) is 0.560. The van der Waals surface area contributed by atoms with Gasteiger partial charge < -0.3 is 19.9 Å². The van der Waals surface area contributed by atoms with Gasteiger partial charge in [-0.05, 0) is 31.2 Å². The van der Waals surface area contributed by atoms with Gasteiger partial charge in [-0.1, -0.05) is 30.8 Å². The lowest BCUT2D eigenvalue weighted by Crippen LogP contribution is -2.44. The number of thioether (sulfide) groups is 1. The van der Waals surface area contributed by atoms with Gasteiger partial charge in [0.1, 0.15) is 5.82 Å². The van der Waals surface area contributed by atoms with E-state index in [9.17, 15) is 4.79 Å². The van der Waals surface area contributed by atoms with E-state index in [0.717, 1.165) is 93.4 Å². The molecule has 1 amide bonds. The quantitative estimate of drug-likeness (QED) is 0.429. The number of hydrogen-bond acceptors (Lipinski definition) is 8. The second-order valence-corrected chi connectivity index (χ2v) is 9.78. The molecule has 2 saturated heterocycles. The van der Waals surface area contributed by atoms with Crippen molar-refractivity contribution in [2.45, 2.75) is 24.3 Å². The maximum atomic E-state index is 12.5. The van der Waals surface area contributed by atoms with Gasteiger partial charge in [0.05, 0.1) is 13.2 Å². The molecule has 0 unspecified atom stereocenters. The molecule has 2 aliphatic rings. The number of anilines is 1. The summed E-state index contributed by atoms with van der Waals surface area (Å²) in [5.74, 6) is 1.78. The molecule has 34 heavy (non-hydrogen) atoms. The highest BCUT2D eigenvalue weighted by molar-refractivity contribution is 7.98. The number of aryl methyl sites for hydroxylation is 1. The van der Waals surface area contributed by atoms with Crippen molar-refractivity contribution in [3.8, 4) is 0 Å². The number of hydrogen-bond donors (Lipinski definition) is 1. The molecule has 1 N–H and O–H groups in total. The number of benzene rings is 1. The zero-order chi connectivity index (χ0) is 23.8. The van der Waals surface area contributed by atoms with Crippen LogP contribution >= 0.6 is 11.8 Å². The summed E-state index contributed by atoms with van der Waals surface area (Å²) in [6.07, 6.45) is 0.895. The summed E-state index contributed by atoms with van der Waals surface area (Å²) in [5, 5.41) is 3.84. The third-order valence-electron chi connectivity index (χ3n) is 6.34. The van der Waals surface area contributed by atoms with E-state index >= 15 is 0 Å². The topological polar surface area (TPSA) is 73.8 Å². The molecule has 1 aromatic carbocycles. The number of carbonyl (C=O) groups is 1. The molecule has 1 aromatic heterocycles. The Hall–Kier alpha value is -2.20. The smallest absolute Gasteiger partial charge is 0.251 e. The second-order valence-electron chi connectivity index (χ2n) is 8.84. The molecule has 2 fully saturated rings. The van der Waals surface area contributed by atoms with Crippen LogP contribution in [0.5, 0.6) is 0 Å². The highest BCUT2D eigenvalue weighted by Gasteiger charge is 2.17. The summed E-state index contributed by atoms with van der Waals surface area (Å²) in [6, 6.07) is 9.98. The molecule has 0 atom stereocenters. The molecular weight excluding hydrogens is 448 g/mol. The monoisotopic (exact) mass is 484 g/mol. The number of likely N-dealkylation sites (N-methyl/N-ethyl adjacent to an activating group) is 1. The van der Waals surface area contributed by atoms with Gasteiger partial charge in [0.15, 0.2) is 5.16 Å². The molecule has 8 nitrogen and oxygen atoms in total. The maximum Gasteiger partial charge on any atom is 0.251 e. The molecule has 9 heteroatoms. The Morgan fingerprint density at radius 3 is 2.50 bits per heavy atom. The van der Waals surface area contributed by atoms with Crippen LogP contribution in [0.4, 0.5) is 5.82 Å². The Morgan fingerprint density at radius 1 is 1.06 bits per heavy atom. The lowest BCUT2D eigenvalue weighted by atomic mass is 10.1. The fourth-order valence-corrected chi connectivity index (χ4v) is 4.89. The van der Waals surface area contributed by atoms with E-state index < -0.39 is 0 Å². The molecule has 2 aliphatic heterocycles. The first-order chi connectivity index (χ1) is 16.6. The van der Waals surface area contributed by atoms with Crippen LogP contribution in [0.1, 0.15) is 28.5 Å². The minimum atomic E-state index is -0.0248. The summed E-state index contributed by atoms with van der Waals surface area (Å²) in [6.45, 7) is 11.2. The van der Waals surface area contributed by atoms with Crippen molar-refractivity contribution in [2.24, 2.45) is 0 Å². The standard InChI is InChI=1S/C25H36N6O2S/c1-3-22-18-23(31-12-10-29(2)11-13-31)28-25(27-22)34-19-20-4-6-21(7-5-20)24(32)26-8-9-30-14-16-33-17-15-30/h4-7,18H,3,8-17,19H2,1-2H3,(H,26,32). The first-order valence-corrected chi connectivity index (χ1v) is 13.2. The molecule has 184 valence electrons. The van der Waals surface area contributed by atoms with E-state index in [2.05, 4.69) is 40.1 Å². The van der Waals surface area contributed by atoms with Crippen molar-refractivity contribution in [1.29, 1.82) is 0 Å². The van der Waals surface area contributed by atoms with Crippen LogP contribution in [0.3, 0.4) is 0 Å². The lowest BCUT2D eigenvalue weighted by Gasteiger charge is -2.33. The van der Waals surface area contributed by atoms with Gasteiger partial charge in [0, 0.05) is 75.4 Å². The van der Waals surface area contributed by atoms with Crippen LogP contribution in [-0.4, -0.2) is 98.3 Å². The van der Waals surface area contributed by atoms with Gasteiger partial charge in [-0.15, -0.1) is 0 Å². The van der Waals surface area contributed by atoms with Crippen molar-refractivity contribution in [1.82, 2.24) is 25.1 Å². The molecule has 0 bridgehead atoms. The Balaban J connectivity index is 1.28. The van der Waals surface area contributed by atoms with Crippen molar-refractivity contribution in [2.75, 3.05) is 77.5 Å². The highest BCUT2D eigenvalue weighted by Crippen LogP contribution is 2.24. The van der Waals surface area contributed by atoms with E-state index in [1.165, 1.54) is 0 Å². The number of aromatic nitrogens is 2.